The Morgan fingerprint density at radius 2 is 1.33 bits per heavy atom. The van der Waals surface area contributed by atoms with Gasteiger partial charge in [0.1, 0.15) is 0 Å². The first-order chi connectivity index (χ1) is 9.73. The Balaban J connectivity index is 0.000000211. The van der Waals surface area contributed by atoms with E-state index in [1.54, 1.807) is 13.8 Å². The maximum Gasteiger partial charge on any atom is 0.254 e. The number of carbonyl (C=O) groups is 4. The Bertz CT molecular complexity index is 448. The van der Waals surface area contributed by atoms with Crippen molar-refractivity contribution >= 4 is 23.6 Å². The van der Waals surface area contributed by atoms with E-state index in [1.165, 1.54) is 17.1 Å². The summed E-state index contributed by atoms with van der Waals surface area (Å²) in [5.41, 5.74) is 0. The lowest BCUT2D eigenvalue weighted by atomic mass is 10.3. The van der Waals surface area contributed by atoms with Gasteiger partial charge in [-0.3, -0.25) is 28.9 Å². The minimum absolute atomic E-state index is 0.0324. The van der Waals surface area contributed by atoms with Crippen molar-refractivity contribution in [2.45, 2.75) is 52.7 Å². The largest absolute Gasteiger partial charge is 0.273 e. The van der Waals surface area contributed by atoms with Crippen molar-refractivity contribution < 1.29 is 24.0 Å². The van der Waals surface area contributed by atoms with Crippen LogP contribution in [0.3, 0.4) is 0 Å². The highest BCUT2D eigenvalue weighted by molar-refractivity contribution is 6.13. The molecule has 21 heavy (non-hydrogen) atoms. The molecule has 2 aliphatic rings. The maximum atomic E-state index is 10.9. The number of nitrogens with zero attached hydrogens (tertiary/aromatic N) is 2. The summed E-state index contributed by atoms with van der Waals surface area (Å²) in [5.74, 6) is -0.882. The third-order valence-corrected chi connectivity index (χ3v) is 2.68. The van der Waals surface area contributed by atoms with Crippen LogP contribution in [0.25, 0.3) is 0 Å². The third kappa shape index (κ3) is 4.49. The van der Waals surface area contributed by atoms with E-state index in [-0.39, 0.29) is 48.6 Å². The fourth-order valence-electron chi connectivity index (χ4n) is 1.81. The molecule has 2 rings (SSSR count). The fourth-order valence-corrected chi connectivity index (χ4v) is 1.81. The lowest BCUT2D eigenvalue weighted by Crippen LogP contribution is -2.36. The molecule has 7 nitrogen and oxygen atoms in total. The number of amides is 4. The standard InChI is InChI=1S/C7H11NO3.C7H9NO2/c1-5(2)11-8-6(9)3-4-7(8)10;1-5(2)8-6(9)3-4-7(8)10/h5H,3-4H2,1-2H3;3-5H,1-2H3. The van der Waals surface area contributed by atoms with Gasteiger partial charge in [-0.2, -0.15) is 5.06 Å². The van der Waals surface area contributed by atoms with E-state index < -0.39 is 0 Å². The van der Waals surface area contributed by atoms with Gasteiger partial charge in [-0.25, -0.2) is 0 Å². The van der Waals surface area contributed by atoms with Gasteiger partial charge in [-0.05, 0) is 27.7 Å². The maximum absolute atomic E-state index is 10.9. The summed E-state index contributed by atoms with van der Waals surface area (Å²) in [5, 5.41) is 0.866. The van der Waals surface area contributed by atoms with Crippen molar-refractivity contribution in [1.82, 2.24) is 9.96 Å². The van der Waals surface area contributed by atoms with Gasteiger partial charge in [0.2, 0.25) is 0 Å². The normalized spacial score (nSPS) is 18.2. The molecule has 116 valence electrons. The monoisotopic (exact) mass is 296 g/mol. The van der Waals surface area contributed by atoms with Gasteiger partial charge in [-0.1, -0.05) is 0 Å². The Kier molecular flexibility index (Phi) is 5.78. The van der Waals surface area contributed by atoms with Gasteiger partial charge in [-0.15, -0.1) is 0 Å². The van der Waals surface area contributed by atoms with E-state index in [4.69, 9.17) is 4.84 Å². The van der Waals surface area contributed by atoms with Gasteiger partial charge in [0, 0.05) is 31.0 Å². The number of rotatable bonds is 3. The van der Waals surface area contributed by atoms with Gasteiger partial charge in [0.05, 0.1) is 6.10 Å². The molecule has 4 amide bonds. The van der Waals surface area contributed by atoms with Crippen LogP contribution in [0.2, 0.25) is 0 Å². The summed E-state index contributed by atoms with van der Waals surface area (Å²) in [6.45, 7) is 7.17. The van der Waals surface area contributed by atoms with Crippen LogP contribution in [-0.4, -0.2) is 45.7 Å². The quantitative estimate of drug-likeness (QED) is 0.719. The molecule has 1 saturated heterocycles. The molecule has 0 N–H and O–H groups in total. The fraction of sp³-hybridized carbons (Fsp3) is 0.571. The molecular formula is C14H20N2O5. The average Bonchev–Trinajstić information content (AvgIpc) is 2.86. The van der Waals surface area contributed by atoms with Crippen molar-refractivity contribution in [1.29, 1.82) is 0 Å². The lowest BCUT2D eigenvalue weighted by Gasteiger charge is -2.17. The summed E-state index contributed by atoms with van der Waals surface area (Å²) in [7, 11) is 0. The molecule has 1 fully saturated rings. The van der Waals surface area contributed by atoms with Crippen molar-refractivity contribution in [3.8, 4) is 0 Å². The summed E-state index contributed by atoms with van der Waals surface area (Å²) >= 11 is 0. The lowest BCUT2D eigenvalue weighted by molar-refractivity contribution is -0.198. The van der Waals surface area contributed by atoms with Crippen molar-refractivity contribution in [3.05, 3.63) is 12.2 Å². The molecule has 0 radical (unpaired) electrons. The van der Waals surface area contributed by atoms with Crippen LogP contribution in [0.15, 0.2) is 12.2 Å². The van der Waals surface area contributed by atoms with E-state index in [0.717, 1.165) is 5.06 Å². The van der Waals surface area contributed by atoms with Crippen molar-refractivity contribution in [2.75, 3.05) is 0 Å². The first-order valence-electron chi connectivity index (χ1n) is 6.81. The number of hydrogen-bond acceptors (Lipinski definition) is 5. The van der Waals surface area contributed by atoms with E-state index in [0.29, 0.717) is 0 Å². The number of hydroxylamine groups is 2. The minimum Gasteiger partial charge on any atom is -0.273 e. The van der Waals surface area contributed by atoms with E-state index in [9.17, 15) is 19.2 Å². The molecule has 0 aromatic rings. The Morgan fingerprint density at radius 3 is 1.62 bits per heavy atom. The molecule has 0 bridgehead atoms. The highest BCUT2D eigenvalue weighted by Gasteiger charge is 2.30. The summed E-state index contributed by atoms with van der Waals surface area (Å²) < 4.78 is 0. The molecule has 0 unspecified atom stereocenters. The van der Waals surface area contributed by atoms with Crippen LogP contribution in [0.4, 0.5) is 0 Å². The summed E-state index contributed by atoms with van der Waals surface area (Å²) in [4.78, 5) is 49.7. The average molecular weight is 296 g/mol. The highest BCUT2D eigenvalue weighted by atomic mass is 16.7. The molecular weight excluding hydrogens is 276 g/mol. The number of imide groups is 2. The molecule has 0 saturated carbocycles. The molecule has 0 aliphatic carbocycles. The Hall–Kier alpha value is -2.02. The molecule has 0 aromatic carbocycles. The zero-order valence-electron chi connectivity index (χ0n) is 12.7. The molecule has 0 spiro atoms. The second-order valence-corrected chi connectivity index (χ2v) is 5.21. The molecule has 0 aromatic heterocycles. The first kappa shape index (κ1) is 17.0. The van der Waals surface area contributed by atoms with Crippen LogP contribution >= 0.6 is 0 Å². The molecule has 2 heterocycles. The SMILES string of the molecule is CC(C)N1C(=O)C=CC1=O.CC(C)ON1C(=O)CCC1=O. The number of carbonyl (C=O) groups excluding carboxylic acids is 4. The molecule has 2 aliphatic heterocycles. The highest BCUT2D eigenvalue weighted by Crippen LogP contribution is 2.13. The van der Waals surface area contributed by atoms with Crippen LogP contribution in [0, 0.1) is 0 Å². The van der Waals surface area contributed by atoms with Gasteiger partial charge < -0.3 is 0 Å². The van der Waals surface area contributed by atoms with Gasteiger partial charge in [0.15, 0.2) is 0 Å². The predicted molar refractivity (Wildman–Crippen MR) is 73.4 cm³/mol. The zero-order valence-corrected chi connectivity index (χ0v) is 12.7. The minimum atomic E-state index is -0.233. The van der Waals surface area contributed by atoms with E-state index >= 15 is 0 Å². The molecule has 7 heteroatoms. The number of hydrogen-bond donors (Lipinski definition) is 0. The van der Waals surface area contributed by atoms with Crippen LogP contribution in [0.1, 0.15) is 40.5 Å². The Labute approximate surface area is 123 Å². The second-order valence-electron chi connectivity index (χ2n) is 5.21. The molecule has 0 atom stereocenters. The topological polar surface area (TPSA) is 84.0 Å². The van der Waals surface area contributed by atoms with Crippen LogP contribution in [0.5, 0.6) is 0 Å². The van der Waals surface area contributed by atoms with E-state index in [2.05, 4.69) is 0 Å². The Morgan fingerprint density at radius 1 is 0.905 bits per heavy atom. The van der Waals surface area contributed by atoms with Crippen LogP contribution < -0.4 is 0 Å². The first-order valence-corrected chi connectivity index (χ1v) is 6.81. The summed E-state index contributed by atoms with van der Waals surface area (Å²) in [6.07, 6.45) is 3.03. The smallest absolute Gasteiger partial charge is 0.254 e. The van der Waals surface area contributed by atoms with E-state index in [1.807, 2.05) is 13.8 Å². The van der Waals surface area contributed by atoms with Crippen molar-refractivity contribution in [3.63, 3.8) is 0 Å². The summed E-state index contributed by atoms with van der Waals surface area (Å²) in [6, 6.07) is -0.0324. The van der Waals surface area contributed by atoms with Crippen LogP contribution in [-0.2, 0) is 24.0 Å². The second kappa shape index (κ2) is 7.12. The van der Waals surface area contributed by atoms with Crippen molar-refractivity contribution in [2.24, 2.45) is 0 Å². The zero-order chi connectivity index (χ0) is 16.2. The van der Waals surface area contributed by atoms with Gasteiger partial charge >= 0.3 is 0 Å². The van der Waals surface area contributed by atoms with Gasteiger partial charge in [0.25, 0.3) is 23.6 Å². The predicted octanol–water partition coefficient (Wildman–Crippen LogP) is 0.795. The third-order valence-electron chi connectivity index (χ3n) is 2.68.